The molecule has 2 aliphatic rings. The van der Waals surface area contributed by atoms with Crippen LogP contribution in [0.5, 0.6) is 0 Å². The molecule has 144 valence electrons. The normalized spacial score (nSPS) is 20.0. The quantitative estimate of drug-likeness (QED) is 0.756. The predicted molar refractivity (Wildman–Crippen MR) is 101 cm³/mol. The number of aromatic nitrogens is 3. The van der Waals surface area contributed by atoms with E-state index in [0.29, 0.717) is 16.3 Å². The molecule has 1 atom stereocenters. The zero-order valence-corrected chi connectivity index (χ0v) is 16.3. The number of likely N-dealkylation sites (tertiary alicyclic amines) is 1. The molecule has 4 rings (SSSR count). The molecule has 1 saturated heterocycles. The van der Waals surface area contributed by atoms with Gasteiger partial charge in [-0.15, -0.1) is 21.5 Å². The Labute approximate surface area is 162 Å². The van der Waals surface area contributed by atoms with Crippen molar-refractivity contribution in [1.29, 1.82) is 0 Å². The number of carbonyl (C=O) groups excluding carboxylic acids is 2. The first-order valence-corrected chi connectivity index (χ1v) is 10.4. The van der Waals surface area contributed by atoms with Gasteiger partial charge in [-0.25, -0.2) is 4.79 Å². The van der Waals surface area contributed by atoms with Crippen molar-refractivity contribution >= 4 is 23.2 Å². The highest BCUT2D eigenvalue weighted by Gasteiger charge is 2.30. The summed E-state index contributed by atoms with van der Waals surface area (Å²) in [6.07, 6.45) is 6.55. The van der Waals surface area contributed by atoms with E-state index in [1.165, 1.54) is 37.7 Å². The van der Waals surface area contributed by atoms with Crippen LogP contribution in [-0.2, 0) is 17.7 Å². The highest BCUT2D eigenvalue weighted by atomic mass is 32.1. The second-order valence-corrected chi connectivity index (χ2v) is 8.27. The lowest BCUT2D eigenvalue weighted by molar-refractivity contribution is 0.0606. The van der Waals surface area contributed by atoms with Crippen LogP contribution in [0.2, 0.25) is 0 Å². The minimum absolute atomic E-state index is 0.0181. The van der Waals surface area contributed by atoms with Crippen molar-refractivity contribution in [1.82, 2.24) is 19.7 Å². The largest absolute Gasteiger partial charge is 0.465 e. The van der Waals surface area contributed by atoms with Crippen LogP contribution in [0.1, 0.15) is 69.0 Å². The van der Waals surface area contributed by atoms with E-state index in [2.05, 4.69) is 14.8 Å². The number of methoxy groups -OCH3 is 1. The zero-order valence-electron chi connectivity index (χ0n) is 15.5. The number of hydrogen-bond acceptors (Lipinski definition) is 6. The number of nitrogens with zero attached hydrogens (tertiary/aromatic N) is 4. The van der Waals surface area contributed by atoms with Crippen LogP contribution in [0.3, 0.4) is 0 Å². The van der Waals surface area contributed by atoms with Crippen LogP contribution in [0.25, 0.3) is 0 Å². The van der Waals surface area contributed by atoms with Gasteiger partial charge in [-0.05, 0) is 37.8 Å². The molecular formula is C19H24N4O3S. The van der Waals surface area contributed by atoms with Gasteiger partial charge in [0, 0.05) is 32.0 Å². The number of aryl methyl sites for hydroxylation is 1. The first-order chi connectivity index (χ1) is 13.2. The summed E-state index contributed by atoms with van der Waals surface area (Å²) in [4.78, 5) is 27.5. The van der Waals surface area contributed by atoms with Crippen LogP contribution in [0.4, 0.5) is 0 Å². The molecule has 2 aromatic heterocycles. The molecule has 27 heavy (non-hydrogen) atoms. The smallest absolute Gasteiger partial charge is 0.348 e. The SMILES string of the molecule is COC(=O)c1ccc(C(=O)N2CCCC(c3nnc4n3CCCCC4)C2)s1. The van der Waals surface area contributed by atoms with Gasteiger partial charge < -0.3 is 14.2 Å². The van der Waals surface area contributed by atoms with Gasteiger partial charge in [-0.3, -0.25) is 4.79 Å². The molecule has 0 saturated carbocycles. The average molecular weight is 388 g/mol. The van der Waals surface area contributed by atoms with Crippen molar-refractivity contribution in [3.05, 3.63) is 33.5 Å². The summed E-state index contributed by atoms with van der Waals surface area (Å²) in [7, 11) is 1.35. The van der Waals surface area contributed by atoms with Crippen molar-refractivity contribution in [3.8, 4) is 0 Å². The zero-order chi connectivity index (χ0) is 18.8. The Hall–Kier alpha value is -2.22. The fraction of sp³-hybridized carbons (Fsp3) is 0.579. The van der Waals surface area contributed by atoms with E-state index in [0.717, 1.165) is 44.0 Å². The molecule has 7 nitrogen and oxygen atoms in total. The Kier molecular flexibility index (Phi) is 5.24. The number of hydrogen-bond donors (Lipinski definition) is 0. The lowest BCUT2D eigenvalue weighted by Crippen LogP contribution is -2.39. The van der Waals surface area contributed by atoms with Gasteiger partial charge >= 0.3 is 5.97 Å². The highest BCUT2D eigenvalue weighted by Crippen LogP contribution is 2.29. The van der Waals surface area contributed by atoms with Crippen molar-refractivity contribution in [2.45, 2.75) is 51.0 Å². The number of carbonyl (C=O) groups is 2. The second-order valence-electron chi connectivity index (χ2n) is 7.18. The van der Waals surface area contributed by atoms with E-state index in [-0.39, 0.29) is 11.8 Å². The van der Waals surface area contributed by atoms with Crippen LogP contribution >= 0.6 is 11.3 Å². The maximum Gasteiger partial charge on any atom is 0.348 e. The van der Waals surface area contributed by atoms with E-state index < -0.39 is 5.97 Å². The molecule has 0 bridgehead atoms. The summed E-state index contributed by atoms with van der Waals surface area (Å²) in [5.41, 5.74) is 0. The summed E-state index contributed by atoms with van der Waals surface area (Å²) in [5, 5.41) is 8.90. The van der Waals surface area contributed by atoms with Gasteiger partial charge in [0.2, 0.25) is 0 Å². The van der Waals surface area contributed by atoms with Crippen LogP contribution in [-0.4, -0.2) is 51.7 Å². The molecule has 1 unspecified atom stereocenters. The van der Waals surface area contributed by atoms with Gasteiger partial charge in [0.05, 0.1) is 12.0 Å². The number of rotatable bonds is 3. The highest BCUT2D eigenvalue weighted by molar-refractivity contribution is 7.15. The Bertz CT molecular complexity index is 844. The number of piperidine rings is 1. The summed E-state index contributed by atoms with van der Waals surface area (Å²) < 4.78 is 7.02. The third kappa shape index (κ3) is 3.63. The first kappa shape index (κ1) is 18.2. The maximum absolute atomic E-state index is 12.9. The van der Waals surface area contributed by atoms with Crippen molar-refractivity contribution < 1.29 is 14.3 Å². The van der Waals surface area contributed by atoms with E-state index in [4.69, 9.17) is 4.74 Å². The number of esters is 1. The third-order valence-corrected chi connectivity index (χ3v) is 6.47. The predicted octanol–water partition coefficient (Wildman–Crippen LogP) is 2.87. The summed E-state index contributed by atoms with van der Waals surface area (Å²) in [5.74, 6) is 1.93. The summed E-state index contributed by atoms with van der Waals surface area (Å²) in [6.45, 7) is 2.37. The average Bonchev–Trinajstić information content (AvgIpc) is 3.29. The van der Waals surface area contributed by atoms with E-state index in [9.17, 15) is 9.59 Å². The number of thiophene rings is 1. The maximum atomic E-state index is 12.9. The van der Waals surface area contributed by atoms with Crippen LogP contribution in [0, 0.1) is 0 Å². The van der Waals surface area contributed by atoms with E-state index >= 15 is 0 Å². The van der Waals surface area contributed by atoms with Crippen LogP contribution in [0.15, 0.2) is 12.1 Å². The molecule has 1 amide bonds. The van der Waals surface area contributed by atoms with Crippen molar-refractivity contribution in [2.24, 2.45) is 0 Å². The monoisotopic (exact) mass is 388 g/mol. The Morgan fingerprint density at radius 1 is 1.11 bits per heavy atom. The molecule has 0 radical (unpaired) electrons. The van der Waals surface area contributed by atoms with E-state index in [1.54, 1.807) is 12.1 Å². The lowest BCUT2D eigenvalue weighted by atomic mass is 9.97. The Morgan fingerprint density at radius 2 is 1.96 bits per heavy atom. The standard InChI is InChI=1S/C19H24N4O3S/c1-26-19(25)15-9-8-14(27-15)18(24)22-10-5-6-13(12-22)17-21-20-16-7-3-2-4-11-23(16)17/h8-9,13H,2-7,10-12H2,1H3. The molecule has 4 heterocycles. The van der Waals surface area contributed by atoms with Crippen LogP contribution < -0.4 is 0 Å². The molecule has 1 fully saturated rings. The summed E-state index contributed by atoms with van der Waals surface area (Å²) >= 11 is 1.19. The topological polar surface area (TPSA) is 77.3 Å². The van der Waals surface area contributed by atoms with Crippen molar-refractivity contribution in [3.63, 3.8) is 0 Å². The number of amides is 1. The number of fused-ring (bicyclic) bond motifs is 1. The molecule has 0 N–H and O–H groups in total. The van der Waals surface area contributed by atoms with Crippen molar-refractivity contribution in [2.75, 3.05) is 20.2 Å². The Morgan fingerprint density at radius 3 is 2.81 bits per heavy atom. The van der Waals surface area contributed by atoms with Gasteiger partial charge in [0.25, 0.3) is 5.91 Å². The van der Waals surface area contributed by atoms with Gasteiger partial charge in [0.1, 0.15) is 16.5 Å². The Balaban J connectivity index is 1.50. The minimum Gasteiger partial charge on any atom is -0.465 e. The molecule has 0 aromatic carbocycles. The second kappa shape index (κ2) is 7.80. The molecule has 2 aromatic rings. The van der Waals surface area contributed by atoms with E-state index in [1.807, 2.05) is 4.90 Å². The lowest BCUT2D eigenvalue weighted by Gasteiger charge is -2.32. The van der Waals surface area contributed by atoms with Gasteiger partial charge in [-0.2, -0.15) is 0 Å². The first-order valence-electron chi connectivity index (χ1n) is 9.56. The number of ether oxygens (including phenoxy) is 1. The fourth-order valence-corrected chi connectivity index (χ4v) is 4.89. The third-order valence-electron chi connectivity index (χ3n) is 5.42. The van der Waals surface area contributed by atoms with Gasteiger partial charge in [0.15, 0.2) is 0 Å². The minimum atomic E-state index is -0.401. The molecule has 8 heteroatoms. The molecular weight excluding hydrogens is 364 g/mol. The molecule has 0 aliphatic carbocycles. The molecule has 0 spiro atoms. The van der Waals surface area contributed by atoms with Gasteiger partial charge in [-0.1, -0.05) is 6.42 Å². The summed E-state index contributed by atoms with van der Waals surface area (Å²) in [6, 6.07) is 3.37. The fourth-order valence-electron chi connectivity index (χ4n) is 4.00. The molecule has 2 aliphatic heterocycles.